The van der Waals surface area contributed by atoms with Crippen LogP contribution in [0.25, 0.3) is 0 Å². The van der Waals surface area contributed by atoms with E-state index in [-0.39, 0.29) is 0 Å². The van der Waals surface area contributed by atoms with Gasteiger partial charge in [0.2, 0.25) is 0 Å². The van der Waals surface area contributed by atoms with Crippen LogP contribution >= 0.6 is 11.8 Å². The number of hydrogen-bond acceptors (Lipinski definition) is 3. The highest BCUT2D eigenvalue weighted by atomic mass is 32.2. The molecule has 2 nitrogen and oxygen atoms in total. The van der Waals surface area contributed by atoms with Crippen LogP contribution < -0.4 is 5.32 Å². The van der Waals surface area contributed by atoms with E-state index in [1.54, 1.807) is 0 Å². The average molecular weight is 264 g/mol. The van der Waals surface area contributed by atoms with Crippen LogP contribution in [0.4, 0.5) is 0 Å². The van der Waals surface area contributed by atoms with E-state index in [2.05, 4.69) is 43.2 Å². The number of aromatic nitrogens is 1. The van der Waals surface area contributed by atoms with E-state index in [0.29, 0.717) is 16.7 Å². The summed E-state index contributed by atoms with van der Waals surface area (Å²) in [6.07, 6.45) is 5.84. The van der Waals surface area contributed by atoms with E-state index < -0.39 is 0 Å². The Labute approximate surface area is 115 Å². The van der Waals surface area contributed by atoms with Crippen molar-refractivity contribution in [2.75, 3.05) is 6.54 Å². The molecule has 2 rings (SSSR count). The van der Waals surface area contributed by atoms with Gasteiger partial charge < -0.3 is 5.32 Å². The van der Waals surface area contributed by atoms with Gasteiger partial charge in [-0.05, 0) is 36.9 Å². The van der Waals surface area contributed by atoms with E-state index in [1.165, 1.54) is 19.3 Å². The first-order valence-corrected chi connectivity index (χ1v) is 7.82. The van der Waals surface area contributed by atoms with Crippen molar-refractivity contribution < 1.29 is 0 Å². The molecule has 18 heavy (non-hydrogen) atoms. The molecule has 100 valence electrons. The zero-order valence-corrected chi connectivity index (χ0v) is 12.5. The lowest BCUT2D eigenvalue weighted by atomic mass is 9.73. The summed E-state index contributed by atoms with van der Waals surface area (Å²) >= 11 is 1.94. The van der Waals surface area contributed by atoms with Crippen molar-refractivity contribution in [1.29, 1.82) is 0 Å². The van der Waals surface area contributed by atoms with Crippen molar-refractivity contribution >= 4 is 11.8 Å². The molecule has 1 fully saturated rings. The van der Waals surface area contributed by atoms with Crippen molar-refractivity contribution in [3.63, 3.8) is 0 Å². The molecule has 0 aromatic carbocycles. The fourth-order valence-electron chi connectivity index (χ4n) is 2.91. The minimum absolute atomic E-state index is 0.390. The molecule has 0 aliphatic heterocycles. The van der Waals surface area contributed by atoms with Gasteiger partial charge in [-0.25, -0.2) is 4.98 Å². The molecule has 1 aromatic heterocycles. The van der Waals surface area contributed by atoms with E-state index in [1.807, 2.05) is 24.0 Å². The van der Waals surface area contributed by atoms with Crippen LogP contribution in [0.5, 0.6) is 0 Å². The lowest BCUT2D eigenvalue weighted by molar-refractivity contribution is 0.176. The first-order chi connectivity index (χ1) is 8.63. The van der Waals surface area contributed by atoms with Gasteiger partial charge in [0.15, 0.2) is 0 Å². The highest BCUT2D eigenvalue weighted by Gasteiger charge is 2.38. The molecule has 0 amide bonds. The molecule has 1 aromatic rings. The first kappa shape index (κ1) is 13.9. The highest BCUT2D eigenvalue weighted by Crippen LogP contribution is 2.42. The monoisotopic (exact) mass is 264 g/mol. The molecule has 0 bridgehead atoms. The Morgan fingerprint density at radius 2 is 2.28 bits per heavy atom. The van der Waals surface area contributed by atoms with Crippen LogP contribution in [0.2, 0.25) is 0 Å². The maximum Gasteiger partial charge on any atom is 0.0963 e. The Morgan fingerprint density at radius 1 is 1.44 bits per heavy atom. The number of nitrogens with zero attached hydrogens (tertiary/aromatic N) is 1. The Balaban J connectivity index is 2.09. The van der Waals surface area contributed by atoms with Gasteiger partial charge >= 0.3 is 0 Å². The maximum atomic E-state index is 4.45. The normalized spacial score (nSPS) is 27.1. The summed E-state index contributed by atoms with van der Waals surface area (Å²) in [7, 11) is 0. The second-order valence-corrected chi connectivity index (χ2v) is 7.00. The van der Waals surface area contributed by atoms with Crippen molar-refractivity contribution in [2.24, 2.45) is 5.41 Å². The summed E-state index contributed by atoms with van der Waals surface area (Å²) in [6, 6.07) is 6.76. The lowest BCUT2D eigenvalue weighted by Crippen LogP contribution is -2.51. The Hall–Kier alpha value is -0.540. The molecule has 0 saturated heterocycles. The first-order valence-electron chi connectivity index (χ1n) is 6.94. The molecule has 1 aliphatic carbocycles. The molecular formula is C15H24N2S. The van der Waals surface area contributed by atoms with Crippen molar-refractivity contribution in [1.82, 2.24) is 10.3 Å². The average Bonchev–Trinajstić information content (AvgIpc) is 2.35. The number of rotatable bonds is 4. The lowest BCUT2D eigenvalue weighted by Gasteiger charge is -2.44. The Bertz CT molecular complexity index is 364. The quantitative estimate of drug-likeness (QED) is 0.897. The topological polar surface area (TPSA) is 24.9 Å². The van der Waals surface area contributed by atoms with Gasteiger partial charge in [-0.1, -0.05) is 33.3 Å². The largest absolute Gasteiger partial charge is 0.313 e. The van der Waals surface area contributed by atoms with Crippen LogP contribution in [0, 0.1) is 5.41 Å². The summed E-state index contributed by atoms with van der Waals surface area (Å²) in [6.45, 7) is 8.04. The fraction of sp³-hybridized carbons (Fsp3) is 0.667. The predicted molar refractivity (Wildman–Crippen MR) is 79.0 cm³/mol. The Kier molecular flexibility index (Phi) is 4.68. The smallest absolute Gasteiger partial charge is 0.0963 e. The van der Waals surface area contributed by atoms with Gasteiger partial charge in [0, 0.05) is 17.5 Å². The third-order valence-corrected chi connectivity index (χ3v) is 5.15. The SMILES string of the molecule is CCNC1C(Sc2ccccn2)CCCC1(C)C. The summed E-state index contributed by atoms with van der Waals surface area (Å²) in [5.41, 5.74) is 0.390. The van der Waals surface area contributed by atoms with E-state index in [4.69, 9.17) is 0 Å². The van der Waals surface area contributed by atoms with E-state index >= 15 is 0 Å². The van der Waals surface area contributed by atoms with Gasteiger partial charge in [-0.3, -0.25) is 0 Å². The predicted octanol–water partition coefficient (Wildman–Crippen LogP) is 3.73. The van der Waals surface area contributed by atoms with Gasteiger partial charge in [-0.2, -0.15) is 0 Å². The minimum atomic E-state index is 0.390. The second kappa shape index (κ2) is 6.07. The number of hydrogen-bond donors (Lipinski definition) is 1. The third kappa shape index (κ3) is 3.27. The molecule has 1 heterocycles. The van der Waals surface area contributed by atoms with Crippen LogP contribution in [-0.4, -0.2) is 22.8 Å². The molecule has 2 atom stereocenters. The molecule has 0 radical (unpaired) electrons. The van der Waals surface area contributed by atoms with Crippen LogP contribution in [0.3, 0.4) is 0 Å². The maximum absolute atomic E-state index is 4.45. The second-order valence-electron chi connectivity index (χ2n) is 5.74. The van der Waals surface area contributed by atoms with Crippen molar-refractivity contribution in [2.45, 2.75) is 56.4 Å². The number of nitrogens with one attached hydrogen (secondary N) is 1. The van der Waals surface area contributed by atoms with E-state index in [0.717, 1.165) is 11.6 Å². The van der Waals surface area contributed by atoms with Crippen LogP contribution in [0.15, 0.2) is 29.4 Å². The van der Waals surface area contributed by atoms with Gasteiger partial charge in [0.25, 0.3) is 0 Å². The third-order valence-electron chi connectivity index (χ3n) is 3.86. The number of pyridine rings is 1. The summed E-state index contributed by atoms with van der Waals surface area (Å²) < 4.78 is 0. The van der Waals surface area contributed by atoms with E-state index in [9.17, 15) is 0 Å². The molecule has 1 N–H and O–H groups in total. The molecule has 2 unspecified atom stereocenters. The van der Waals surface area contributed by atoms with Crippen LogP contribution in [0.1, 0.15) is 40.0 Å². The fourth-order valence-corrected chi connectivity index (χ4v) is 4.39. The van der Waals surface area contributed by atoms with Crippen molar-refractivity contribution in [3.05, 3.63) is 24.4 Å². The zero-order chi connectivity index (χ0) is 13.0. The number of thioether (sulfide) groups is 1. The van der Waals surface area contributed by atoms with Crippen molar-refractivity contribution in [3.8, 4) is 0 Å². The summed E-state index contributed by atoms with van der Waals surface area (Å²) in [4.78, 5) is 4.45. The molecule has 1 saturated carbocycles. The van der Waals surface area contributed by atoms with Gasteiger partial charge in [-0.15, -0.1) is 11.8 Å². The molecule has 3 heteroatoms. The molecule has 1 aliphatic rings. The standard InChI is InChI=1S/C15H24N2S/c1-4-16-14-12(8-7-10-15(14,2)3)18-13-9-5-6-11-17-13/h5-6,9,11-12,14,16H,4,7-8,10H2,1-3H3. The highest BCUT2D eigenvalue weighted by molar-refractivity contribution is 7.99. The molecular weight excluding hydrogens is 240 g/mol. The van der Waals surface area contributed by atoms with Crippen LogP contribution in [-0.2, 0) is 0 Å². The molecule has 0 spiro atoms. The van der Waals surface area contributed by atoms with Gasteiger partial charge in [0.1, 0.15) is 0 Å². The zero-order valence-electron chi connectivity index (χ0n) is 11.6. The minimum Gasteiger partial charge on any atom is -0.313 e. The summed E-state index contributed by atoms with van der Waals surface area (Å²) in [5.74, 6) is 0. The Morgan fingerprint density at radius 3 is 2.94 bits per heavy atom. The van der Waals surface area contributed by atoms with Gasteiger partial charge in [0.05, 0.1) is 5.03 Å². The summed E-state index contributed by atoms with van der Waals surface area (Å²) in [5, 5.41) is 5.49.